The summed E-state index contributed by atoms with van der Waals surface area (Å²) in [5.41, 5.74) is 2.76. The van der Waals surface area contributed by atoms with Gasteiger partial charge in [0.05, 0.1) is 0 Å². The van der Waals surface area contributed by atoms with Crippen LogP contribution in [0, 0.1) is 5.82 Å². The molecule has 0 spiro atoms. The van der Waals surface area contributed by atoms with Crippen LogP contribution in [0.5, 0.6) is 0 Å². The van der Waals surface area contributed by atoms with Crippen LogP contribution in [-0.2, 0) is 6.54 Å². The van der Waals surface area contributed by atoms with E-state index in [4.69, 9.17) is 0 Å². The highest BCUT2D eigenvalue weighted by Crippen LogP contribution is 2.20. The molecule has 0 atom stereocenters. The second-order valence-electron chi connectivity index (χ2n) is 5.55. The Morgan fingerprint density at radius 3 is 2.27 bits per heavy atom. The number of benzene rings is 2. The van der Waals surface area contributed by atoms with Crippen LogP contribution in [0.4, 0.5) is 10.1 Å². The number of carbonyl (C=O) groups excluding carboxylic acids is 1. The molecule has 0 bridgehead atoms. The summed E-state index contributed by atoms with van der Waals surface area (Å²) in [4.78, 5) is 14.3. The van der Waals surface area contributed by atoms with Gasteiger partial charge in [-0.2, -0.15) is 0 Å². The van der Waals surface area contributed by atoms with Gasteiger partial charge in [0.1, 0.15) is 5.82 Å². The minimum atomic E-state index is -0.339. The highest BCUT2D eigenvalue weighted by atomic mass is 19.1. The van der Waals surface area contributed by atoms with Gasteiger partial charge in [0.25, 0.3) is 5.91 Å². The number of carbonyl (C=O) groups is 1. The van der Waals surface area contributed by atoms with E-state index in [1.807, 2.05) is 12.1 Å². The third-order valence-electron chi connectivity index (χ3n) is 3.97. The van der Waals surface area contributed by atoms with Crippen LogP contribution >= 0.6 is 0 Å². The molecule has 2 aromatic carbocycles. The van der Waals surface area contributed by atoms with Crippen LogP contribution in [0.15, 0.2) is 48.5 Å². The zero-order valence-corrected chi connectivity index (χ0v) is 12.4. The summed E-state index contributed by atoms with van der Waals surface area (Å²) < 4.78 is 12.8. The maximum absolute atomic E-state index is 12.8. The number of amides is 1. The first-order valence-corrected chi connectivity index (χ1v) is 7.60. The van der Waals surface area contributed by atoms with Gasteiger partial charge in [-0.25, -0.2) is 4.39 Å². The van der Waals surface area contributed by atoms with Crippen molar-refractivity contribution in [2.24, 2.45) is 0 Å². The molecule has 0 radical (unpaired) electrons. The second kappa shape index (κ2) is 6.60. The van der Waals surface area contributed by atoms with Crippen molar-refractivity contribution in [3.05, 3.63) is 65.5 Å². The molecule has 1 aliphatic rings. The molecule has 3 nitrogen and oxygen atoms in total. The average Bonchev–Trinajstić information content (AvgIpc) is 3.08. The van der Waals surface area contributed by atoms with E-state index in [0.29, 0.717) is 12.1 Å². The zero-order chi connectivity index (χ0) is 15.4. The SMILES string of the molecule is O=C(NCc1ccc(N2CCCC2)cc1)c1ccc(F)cc1. The number of rotatable bonds is 4. The minimum Gasteiger partial charge on any atom is -0.372 e. The fourth-order valence-electron chi connectivity index (χ4n) is 2.69. The summed E-state index contributed by atoms with van der Waals surface area (Å²) >= 11 is 0. The van der Waals surface area contributed by atoms with Gasteiger partial charge in [-0.3, -0.25) is 4.79 Å². The topological polar surface area (TPSA) is 32.3 Å². The molecule has 4 heteroatoms. The first-order valence-electron chi connectivity index (χ1n) is 7.60. The summed E-state index contributed by atoms with van der Waals surface area (Å²) in [6, 6.07) is 13.8. The Morgan fingerprint density at radius 1 is 1.00 bits per heavy atom. The van der Waals surface area contributed by atoms with Crippen LogP contribution in [0.3, 0.4) is 0 Å². The Balaban J connectivity index is 1.56. The lowest BCUT2D eigenvalue weighted by Crippen LogP contribution is -2.23. The van der Waals surface area contributed by atoms with Crippen LogP contribution in [-0.4, -0.2) is 19.0 Å². The Labute approximate surface area is 129 Å². The van der Waals surface area contributed by atoms with Crippen LogP contribution < -0.4 is 10.2 Å². The van der Waals surface area contributed by atoms with Crippen molar-refractivity contribution in [1.82, 2.24) is 5.32 Å². The van der Waals surface area contributed by atoms with Gasteiger partial charge in [-0.05, 0) is 54.8 Å². The van der Waals surface area contributed by atoms with Gasteiger partial charge >= 0.3 is 0 Å². The van der Waals surface area contributed by atoms with E-state index in [9.17, 15) is 9.18 Å². The summed E-state index contributed by atoms with van der Waals surface area (Å²) in [7, 11) is 0. The lowest BCUT2D eigenvalue weighted by molar-refractivity contribution is 0.0951. The van der Waals surface area contributed by atoms with Gasteiger partial charge in [-0.15, -0.1) is 0 Å². The number of hydrogen-bond donors (Lipinski definition) is 1. The summed E-state index contributed by atoms with van der Waals surface area (Å²) in [6.07, 6.45) is 2.52. The number of nitrogens with one attached hydrogen (secondary N) is 1. The van der Waals surface area contributed by atoms with E-state index >= 15 is 0 Å². The van der Waals surface area contributed by atoms with E-state index in [-0.39, 0.29) is 11.7 Å². The Kier molecular flexibility index (Phi) is 4.37. The lowest BCUT2D eigenvalue weighted by atomic mass is 10.1. The molecule has 2 aromatic rings. The minimum absolute atomic E-state index is 0.191. The fraction of sp³-hybridized carbons (Fsp3) is 0.278. The van der Waals surface area contributed by atoms with Crippen LogP contribution in [0.25, 0.3) is 0 Å². The van der Waals surface area contributed by atoms with Gasteiger partial charge in [0, 0.05) is 30.9 Å². The maximum Gasteiger partial charge on any atom is 0.251 e. The molecule has 1 fully saturated rings. The number of anilines is 1. The number of halogens is 1. The Morgan fingerprint density at radius 2 is 1.64 bits per heavy atom. The monoisotopic (exact) mass is 298 g/mol. The normalized spacial score (nSPS) is 14.1. The van der Waals surface area contributed by atoms with Crippen LogP contribution in [0.2, 0.25) is 0 Å². The highest BCUT2D eigenvalue weighted by molar-refractivity contribution is 5.94. The summed E-state index contributed by atoms with van der Waals surface area (Å²) in [5.74, 6) is -0.530. The molecule has 1 amide bonds. The first-order chi connectivity index (χ1) is 10.7. The van der Waals surface area contributed by atoms with Crippen LogP contribution in [0.1, 0.15) is 28.8 Å². The largest absolute Gasteiger partial charge is 0.372 e. The fourth-order valence-corrected chi connectivity index (χ4v) is 2.69. The number of hydrogen-bond acceptors (Lipinski definition) is 2. The maximum atomic E-state index is 12.8. The van der Waals surface area contributed by atoms with Crippen molar-refractivity contribution >= 4 is 11.6 Å². The summed E-state index contributed by atoms with van der Waals surface area (Å²) in [5, 5.41) is 2.85. The molecule has 1 aliphatic heterocycles. The standard InChI is InChI=1S/C18H19FN2O/c19-16-7-5-15(6-8-16)18(22)20-13-14-3-9-17(10-4-14)21-11-1-2-12-21/h3-10H,1-2,11-13H2,(H,20,22). The highest BCUT2D eigenvalue weighted by Gasteiger charge is 2.12. The lowest BCUT2D eigenvalue weighted by Gasteiger charge is -2.17. The van der Waals surface area contributed by atoms with E-state index in [0.717, 1.165) is 18.7 Å². The van der Waals surface area contributed by atoms with Gasteiger partial charge in [-0.1, -0.05) is 12.1 Å². The van der Waals surface area contributed by atoms with Crippen molar-refractivity contribution in [2.75, 3.05) is 18.0 Å². The molecule has 0 saturated carbocycles. The van der Waals surface area contributed by atoms with Crippen molar-refractivity contribution < 1.29 is 9.18 Å². The van der Waals surface area contributed by atoms with Gasteiger partial charge in [0.2, 0.25) is 0 Å². The Bertz CT molecular complexity index is 631. The predicted octanol–water partition coefficient (Wildman–Crippen LogP) is 3.36. The molecule has 0 aliphatic carbocycles. The molecule has 114 valence electrons. The van der Waals surface area contributed by atoms with Crippen molar-refractivity contribution in [3.63, 3.8) is 0 Å². The number of nitrogens with zero attached hydrogens (tertiary/aromatic N) is 1. The third kappa shape index (κ3) is 3.45. The zero-order valence-electron chi connectivity index (χ0n) is 12.4. The molecule has 1 N–H and O–H groups in total. The van der Waals surface area contributed by atoms with E-state index in [1.165, 1.54) is 42.8 Å². The molecule has 3 rings (SSSR count). The molecule has 0 unspecified atom stereocenters. The van der Waals surface area contributed by atoms with Crippen molar-refractivity contribution in [3.8, 4) is 0 Å². The van der Waals surface area contributed by atoms with Crippen molar-refractivity contribution in [1.29, 1.82) is 0 Å². The predicted molar refractivity (Wildman–Crippen MR) is 85.5 cm³/mol. The molecular formula is C18H19FN2O. The quantitative estimate of drug-likeness (QED) is 0.938. The molecular weight excluding hydrogens is 279 g/mol. The summed E-state index contributed by atoms with van der Waals surface area (Å²) in [6.45, 7) is 2.72. The average molecular weight is 298 g/mol. The van der Waals surface area contributed by atoms with E-state index < -0.39 is 0 Å². The molecule has 22 heavy (non-hydrogen) atoms. The van der Waals surface area contributed by atoms with E-state index in [1.54, 1.807) is 0 Å². The van der Waals surface area contributed by atoms with E-state index in [2.05, 4.69) is 22.3 Å². The van der Waals surface area contributed by atoms with Crippen molar-refractivity contribution in [2.45, 2.75) is 19.4 Å². The smallest absolute Gasteiger partial charge is 0.251 e. The van der Waals surface area contributed by atoms with Gasteiger partial charge < -0.3 is 10.2 Å². The third-order valence-corrected chi connectivity index (χ3v) is 3.97. The molecule has 0 aromatic heterocycles. The van der Waals surface area contributed by atoms with Gasteiger partial charge in [0.15, 0.2) is 0 Å². The Hall–Kier alpha value is -2.36. The first kappa shape index (κ1) is 14.6. The molecule has 1 saturated heterocycles. The molecule has 1 heterocycles. The second-order valence-corrected chi connectivity index (χ2v) is 5.55.